The number of nitrogens with zero attached hydrogens (tertiary/aromatic N) is 2. The summed E-state index contributed by atoms with van der Waals surface area (Å²) in [6.07, 6.45) is 0.878. The average molecular weight is 255 g/mol. The molecule has 5 heteroatoms. The van der Waals surface area contributed by atoms with E-state index in [1.807, 2.05) is 4.90 Å². The second kappa shape index (κ2) is 6.50. The van der Waals surface area contributed by atoms with Gasteiger partial charge in [-0.25, -0.2) is 0 Å². The van der Waals surface area contributed by atoms with Crippen molar-refractivity contribution >= 4 is 5.91 Å². The number of rotatable bonds is 3. The van der Waals surface area contributed by atoms with Crippen molar-refractivity contribution in [2.45, 2.75) is 13.3 Å². The molecule has 0 aromatic rings. The van der Waals surface area contributed by atoms with Gasteiger partial charge in [-0.1, -0.05) is 6.92 Å². The number of carbonyl (C=O) groups is 1. The molecule has 0 saturated carbocycles. The maximum absolute atomic E-state index is 12.5. The SMILES string of the molecule is CC1COCCC1C(=O)N1CCN(CCN)CC1. The maximum atomic E-state index is 12.5. The third kappa shape index (κ3) is 3.22. The Kier molecular flexibility index (Phi) is 4.97. The van der Waals surface area contributed by atoms with Gasteiger partial charge in [0.05, 0.1) is 0 Å². The lowest BCUT2D eigenvalue weighted by Crippen LogP contribution is -2.52. The molecule has 0 aromatic carbocycles. The molecule has 0 bridgehead atoms. The number of hydrogen-bond donors (Lipinski definition) is 1. The molecule has 2 saturated heterocycles. The Morgan fingerprint density at radius 2 is 2.06 bits per heavy atom. The molecule has 2 fully saturated rings. The molecule has 104 valence electrons. The van der Waals surface area contributed by atoms with Crippen molar-refractivity contribution in [1.82, 2.24) is 9.80 Å². The van der Waals surface area contributed by atoms with Crippen LogP contribution in [-0.2, 0) is 9.53 Å². The van der Waals surface area contributed by atoms with Gasteiger partial charge in [0, 0.05) is 58.4 Å². The fourth-order valence-electron chi connectivity index (χ4n) is 2.86. The highest BCUT2D eigenvalue weighted by molar-refractivity contribution is 5.79. The van der Waals surface area contributed by atoms with E-state index in [9.17, 15) is 4.79 Å². The molecule has 2 heterocycles. The van der Waals surface area contributed by atoms with Crippen LogP contribution in [0, 0.1) is 11.8 Å². The van der Waals surface area contributed by atoms with Crippen LogP contribution in [0.2, 0.25) is 0 Å². The first-order valence-electron chi connectivity index (χ1n) is 7.01. The molecule has 2 rings (SSSR count). The molecular formula is C13H25N3O2. The predicted octanol–water partition coefficient (Wildman–Crippen LogP) is -0.238. The Labute approximate surface area is 109 Å². The minimum Gasteiger partial charge on any atom is -0.381 e. The zero-order chi connectivity index (χ0) is 13.0. The van der Waals surface area contributed by atoms with Crippen molar-refractivity contribution in [3.8, 4) is 0 Å². The summed E-state index contributed by atoms with van der Waals surface area (Å²) in [5.41, 5.74) is 5.55. The molecule has 1 amide bonds. The van der Waals surface area contributed by atoms with Crippen LogP contribution >= 0.6 is 0 Å². The van der Waals surface area contributed by atoms with Crippen LogP contribution in [0.1, 0.15) is 13.3 Å². The number of nitrogens with two attached hydrogens (primary N) is 1. The van der Waals surface area contributed by atoms with Crippen LogP contribution in [0.25, 0.3) is 0 Å². The van der Waals surface area contributed by atoms with Gasteiger partial charge in [-0.2, -0.15) is 0 Å². The van der Waals surface area contributed by atoms with E-state index in [2.05, 4.69) is 11.8 Å². The first-order valence-corrected chi connectivity index (χ1v) is 7.01. The van der Waals surface area contributed by atoms with E-state index < -0.39 is 0 Å². The minimum atomic E-state index is 0.166. The van der Waals surface area contributed by atoms with Crippen LogP contribution in [0.3, 0.4) is 0 Å². The van der Waals surface area contributed by atoms with Gasteiger partial charge in [0.2, 0.25) is 5.91 Å². The molecule has 2 atom stereocenters. The van der Waals surface area contributed by atoms with E-state index in [4.69, 9.17) is 10.5 Å². The van der Waals surface area contributed by atoms with Crippen molar-refractivity contribution in [1.29, 1.82) is 0 Å². The standard InChI is InChI=1S/C13H25N3O2/c1-11-10-18-9-2-12(11)13(17)16-7-5-15(4-3-14)6-8-16/h11-12H,2-10,14H2,1H3. The monoisotopic (exact) mass is 255 g/mol. The number of hydrogen-bond acceptors (Lipinski definition) is 4. The lowest BCUT2D eigenvalue weighted by Gasteiger charge is -2.38. The van der Waals surface area contributed by atoms with Gasteiger partial charge < -0.3 is 15.4 Å². The third-order valence-corrected chi connectivity index (χ3v) is 4.09. The molecule has 2 aliphatic rings. The van der Waals surface area contributed by atoms with E-state index >= 15 is 0 Å². The van der Waals surface area contributed by atoms with Gasteiger partial charge in [0.25, 0.3) is 0 Å². The van der Waals surface area contributed by atoms with Crippen LogP contribution in [0.5, 0.6) is 0 Å². The lowest BCUT2D eigenvalue weighted by molar-refractivity contribution is -0.143. The number of piperazine rings is 1. The molecule has 5 nitrogen and oxygen atoms in total. The quantitative estimate of drug-likeness (QED) is 0.756. The van der Waals surface area contributed by atoms with Crippen molar-refractivity contribution < 1.29 is 9.53 Å². The molecule has 2 unspecified atom stereocenters. The highest BCUT2D eigenvalue weighted by Gasteiger charge is 2.32. The van der Waals surface area contributed by atoms with E-state index in [1.54, 1.807) is 0 Å². The number of ether oxygens (including phenoxy) is 1. The van der Waals surface area contributed by atoms with Gasteiger partial charge in [0.1, 0.15) is 0 Å². The summed E-state index contributed by atoms with van der Waals surface area (Å²) in [6, 6.07) is 0. The Balaban J connectivity index is 1.83. The fourth-order valence-corrected chi connectivity index (χ4v) is 2.86. The summed E-state index contributed by atoms with van der Waals surface area (Å²) < 4.78 is 5.41. The predicted molar refractivity (Wildman–Crippen MR) is 70.2 cm³/mol. The third-order valence-electron chi connectivity index (χ3n) is 4.09. The molecule has 18 heavy (non-hydrogen) atoms. The highest BCUT2D eigenvalue weighted by atomic mass is 16.5. The van der Waals surface area contributed by atoms with E-state index in [0.717, 1.165) is 52.4 Å². The van der Waals surface area contributed by atoms with Crippen LogP contribution in [-0.4, -0.2) is 68.2 Å². The van der Waals surface area contributed by atoms with Gasteiger partial charge in [-0.3, -0.25) is 9.69 Å². The van der Waals surface area contributed by atoms with E-state index in [0.29, 0.717) is 18.4 Å². The summed E-state index contributed by atoms with van der Waals surface area (Å²) in [4.78, 5) is 16.8. The van der Waals surface area contributed by atoms with Crippen molar-refractivity contribution in [3.05, 3.63) is 0 Å². The Bertz CT molecular complexity index is 277. The number of amides is 1. The molecule has 0 radical (unpaired) electrons. The topological polar surface area (TPSA) is 58.8 Å². The minimum absolute atomic E-state index is 0.166. The van der Waals surface area contributed by atoms with Gasteiger partial charge in [-0.05, 0) is 12.3 Å². The second-order valence-electron chi connectivity index (χ2n) is 5.40. The van der Waals surface area contributed by atoms with Crippen LogP contribution in [0.4, 0.5) is 0 Å². The van der Waals surface area contributed by atoms with Crippen LogP contribution < -0.4 is 5.73 Å². The maximum Gasteiger partial charge on any atom is 0.226 e. The van der Waals surface area contributed by atoms with Crippen molar-refractivity contribution in [2.75, 3.05) is 52.5 Å². The normalized spacial score (nSPS) is 30.4. The molecule has 0 aliphatic carbocycles. The Hall–Kier alpha value is -0.650. The Morgan fingerprint density at radius 3 is 2.67 bits per heavy atom. The van der Waals surface area contributed by atoms with Gasteiger partial charge in [-0.15, -0.1) is 0 Å². The van der Waals surface area contributed by atoms with Gasteiger partial charge in [0.15, 0.2) is 0 Å². The van der Waals surface area contributed by atoms with Crippen LogP contribution in [0.15, 0.2) is 0 Å². The zero-order valence-electron chi connectivity index (χ0n) is 11.3. The first-order chi connectivity index (χ1) is 8.72. The molecule has 0 spiro atoms. The largest absolute Gasteiger partial charge is 0.381 e. The number of carbonyl (C=O) groups excluding carboxylic acids is 1. The van der Waals surface area contributed by atoms with E-state index in [1.165, 1.54) is 0 Å². The second-order valence-corrected chi connectivity index (χ2v) is 5.40. The fraction of sp³-hybridized carbons (Fsp3) is 0.923. The van der Waals surface area contributed by atoms with E-state index in [-0.39, 0.29) is 5.92 Å². The molecule has 2 aliphatic heterocycles. The summed E-state index contributed by atoms with van der Waals surface area (Å²) >= 11 is 0. The molecular weight excluding hydrogens is 230 g/mol. The molecule has 0 aromatic heterocycles. The summed E-state index contributed by atoms with van der Waals surface area (Å²) in [5, 5.41) is 0. The summed E-state index contributed by atoms with van der Waals surface area (Å²) in [5.74, 6) is 0.853. The summed E-state index contributed by atoms with van der Waals surface area (Å²) in [7, 11) is 0. The summed E-state index contributed by atoms with van der Waals surface area (Å²) in [6.45, 7) is 8.83. The van der Waals surface area contributed by atoms with Gasteiger partial charge >= 0.3 is 0 Å². The van der Waals surface area contributed by atoms with Crippen molar-refractivity contribution in [3.63, 3.8) is 0 Å². The Morgan fingerprint density at radius 1 is 1.33 bits per heavy atom. The van der Waals surface area contributed by atoms with Crippen molar-refractivity contribution in [2.24, 2.45) is 17.6 Å². The first kappa shape index (κ1) is 13.8. The smallest absolute Gasteiger partial charge is 0.226 e. The lowest BCUT2D eigenvalue weighted by atomic mass is 9.88. The molecule has 2 N–H and O–H groups in total. The highest BCUT2D eigenvalue weighted by Crippen LogP contribution is 2.24. The average Bonchev–Trinajstić information content (AvgIpc) is 2.40. The zero-order valence-corrected chi connectivity index (χ0v) is 11.3.